The molecule has 17 heavy (non-hydrogen) atoms. The second-order valence-corrected chi connectivity index (χ2v) is 4.04. The van der Waals surface area contributed by atoms with E-state index in [2.05, 4.69) is 0 Å². The third-order valence-corrected chi connectivity index (χ3v) is 1.33. The van der Waals surface area contributed by atoms with Gasteiger partial charge in [-0.1, -0.05) is 13.8 Å². The fraction of sp³-hybridized carbons (Fsp3) is 0.917. The van der Waals surface area contributed by atoms with Crippen molar-refractivity contribution in [2.24, 2.45) is 5.92 Å². The van der Waals surface area contributed by atoms with Crippen molar-refractivity contribution in [1.29, 1.82) is 0 Å². The average molecular weight is 284 g/mol. The monoisotopic (exact) mass is 284 g/mol. The van der Waals surface area contributed by atoms with Gasteiger partial charge in [0.25, 0.3) is 0 Å². The number of hydrogen-bond acceptors (Lipinski definition) is 3. The maximum Gasteiger partial charge on any atom is 0.306 e. The van der Waals surface area contributed by atoms with Crippen LogP contribution in [0.15, 0.2) is 0 Å². The van der Waals surface area contributed by atoms with Crippen molar-refractivity contribution >= 4 is 5.97 Å². The summed E-state index contributed by atoms with van der Waals surface area (Å²) < 4.78 is 0. The molecule has 0 aliphatic rings. The van der Waals surface area contributed by atoms with Gasteiger partial charge in [-0.3, -0.25) is 4.79 Å². The molecule has 0 heterocycles. The molecule has 0 radical (unpaired) electrons. The largest absolute Gasteiger partial charge is 0.481 e. The molecule has 0 aromatic carbocycles. The molecule has 3 N–H and O–H groups in total. The maximum atomic E-state index is 10.2. The summed E-state index contributed by atoms with van der Waals surface area (Å²) in [6.45, 7) is 10.7. The van der Waals surface area contributed by atoms with Crippen molar-refractivity contribution in [3.05, 3.63) is 0 Å². The van der Waals surface area contributed by atoms with Gasteiger partial charge >= 0.3 is 5.97 Å². The summed E-state index contributed by atoms with van der Waals surface area (Å²) in [5.41, 5.74) is 0. The summed E-state index contributed by atoms with van der Waals surface area (Å²) in [6.07, 6.45) is 1.15. The van der Waals surface area contributed by atoms with Gasteiger partial charge in [0, 0.05) is 33.9 Å². The summed E-state index contributed by atoms with van der Waals surface area (Å²) in [6, 6.07) is 0. The van der Waals surface area contributed by atoms with E-state index in [1.807, 2.05) is 13.8 Å². The van der Waals surface area contributed by atoms with Crippen LogP contribution in [0.25, 0.3) is 0 Å². The molecule has 0 bridgehead atoms. The third kappa shape index (κ3) is 48.8. The Bertz CT molecular complexity index is 134. The number of aliphatic carboxylic acids is 1. The molecular weight excluding hydrogens is 256 g/mol. The van der Waals surface area contributed by atoms with Gasteiger partial charge in [0.15, 0.2) is 0 Å². The Kier molecular flexibility index (Phi) is 28.1. The zero-order valence-electron chi connectivity index (χ0n) is 11.9. The molecule has 0 aromatic rings. The SMILES string of the molecule is CC(C)O.CC(C)O.CCC(CC)C(=O)O.[Ti]. The molecule has 5 heteroatoms. The predicted octanol–water partition coefficient (Wildman–Crippen LogP) is 2.28. The molecule has 0 fully saturated rings. The van der Waals surface area contributed by atoms with Gasteiger partial charge < -0.3 is 15.3 Å². The Labute approximate surface area is 120 Å². The van der Waals surface area contributed by atoms with E-state index in [4.69, 9.17) is 15.3 Å². The van der Waals surface area contributed by atoms with E-state index in [0.717, 1.165) is 12.8 Å². The van der Waals surface area contributed by atoms with E-state index in [1.165, 1.54) is 0 Å². The van der Waals surface area contributed by atoms with Crippen LogP contribution in [0.3, 0.4) is 0 Å². The van der Waals surface area contributed by atoms with E-state index < -0.39 is 5.97 Å². The third-order valence-electron chi connectivity index (χ3n) is 1.33. The van der Waals surface area contributed by atoms with Crippen molar-refractivity contribution < 1.29 is 41.8 Å². The van der Waals surface area contributed by atoms with E-state index in [9.17, 15) is 4.79 Å². The van der Waals surface area contributed by atoms with Crippen LogP contribution < -0.4 is 0 Å². The normalized spacial score (nSPS) is 8.88. The van der Waals surface area contributed by atoms with Crippen molar-refractivity contribution in [3.8, 4) is 0 Å². The second kappa shape index (κ2) is 18.5. The van der Waals surface area contributed by atoms with Gasteiger partial charge in [0.2, 0.25) is 0 Å². The Balaban J connectivity index is -0.0000000806. The van der Waals surface area contributed by atoms with Gasteiger partial charge in [0.1, 0.15) is 0 Å². The molecule has 0 aliphatic heterocycles. The number of aliphatic hydroxyl groups excluding tert-OH is 2. The van der Waals surface area contributed by atoms with Crippen molar-refractivity contribution in [1.82, 2.24) is 0 Å². The molecule has 0 atom stereocenters. The number of aliphatic hydroxyl groups is 2. The smallest absolute Gasteiger partial charge is 0.306 e. The van der Waals surface area contributed by atoms with Crippen LogP contribution in [-0.2, 0) is 26.5 Å². The fourth-order valence-electron chi connectivity index (χ4n) is 0.638. The minimum atomic E-state index is -0.671. The van der Waals surface area contributed by atoms with Crippen LogP contribution in [0, 0.1) is 5.92 Å². The summed E-state index contributed by atoms with van der Waals surface area (Å²) in [5.74, 6) is -0.801. The molecule has 0 rings (SSSR count). The zero-order chi connectivity index (χ0) is 13.7. The Morgan fingerprint density at radius 1 is 0.941 bits per heavy atom. The molecule has 0 spiro atoms. The molecule has 0 unspecified atom stereocenters. The number of rotatable bonds is 3. The average Bonchev–Trinajstić information content (AvgIpc) is 2.03. The summed E-state index contributed by atoms with van der Waals surface area (Å²) in [4.78, 5) is 10.2. The number of carboxylic acids is 1. The summed E-state index contributed by atoms with van der Waals surface area (Å²) in [5, 5.41) is 24.5. The van der Waals surface area contributed by atoms with E-state index in [-0.39, 0.29) is 39.8 Å². The Morgan fingerprint density at radius 2 is 1.12 bits per heavy atom. The van der Waals surface area contributed by atoms with Crippen molar-refractivity contribution in [3.63, 3.8) is 0 Å². The molecule has 0 aliphatic carbocycles. The maximum absolute atomic E-state index is 10.2. The van der Waals surface area contributed by atoms with Gasteiger partial charge in [-0.15, -0.1) is 0 Å². The van der Waals surface area contributed by atoms with E-state index in [0.29, 0.717) is 0 Å². The molecule has 4 nitrogen and oxygen atoms in total. The van der Waals surface area contributed by atoms with Crippen LogP contribution in [0.1, 0.15) is 54.4 Å². The van der Waals surface area contributed by atoms with Crippen LogP contribution in [0.4, 0.5) is 0 Å². The number of hydrogen-bond donors (Lipinski definition) is 3. The molecule has 104 valence electrons. The van der Waals surface area contributed by atoms with Crippen molar-refractivity contribution in [2.45, 2.75) is 66.6 Å². The van der Waals surface area contributed by atoms with Crippen LogP contribution in [0.5, 0.6) is 0 Å². The second-order valence-electron chi connectivity index (χ2n) is 4.04. The van der Waals surface area contributed by atoms with Crippen molar-refractivity contribution in [2.75, 3.05) is 0 Å². The first-order chi connectivity index (χ1) is 7.18. The summed E-state index contributed by atoms with van der Waals surface area (Å²) in [7, 11) is 0. The minimum Gasteiger partial charge on any atom is -0.481 e. The first kappa shape index (κ1) is 25.8. The van der Waals surface area contributed by atoms with Gasteiger partial charge in [-0.2, -0.15) is 0 Å². The standard InChI is InChI=1S/C6H12O2.2C3H8O.Ti/c1-3-5(4-2)6(7)8;2*1-3(2)4;/h5H,3-4H2,1-2H3,(H,7,8);2*3-4H,1-2H3;. The molecule has 0 aromatic heterocycles. The molecular formula is C12H28O4Ti. The van der Waals surface area contributed by atoms with Gasteiger partial charge in [-0.25, -0.2) is 0 Å². The van der Waals surface area contributed by atoms with E-state index in [1.54, 1.807) is 27.7 Å². The first-order valence-electron chi connectivity index (χ1n) is 5.77. The summed E-state index contributed by atoms with van der Waals surface area (Å²) >= 11 is 0. The minimum absolute atomic E-state index is 0. The number of carbonyl (C=O) groups is 1. The van der Waals surface area contributed by atoms with Crippen LogP contribution in [0.2, 0.25) is 0 Å². The van der Waals surface area contributed by atoms with Crippen LogP contribution in [-0.4, -0.2) is 33.5 Å². The molecule has 0 saturated carbocycles. The first-order valence-corrected chi connectivity index (χ1v) is 5.77. The zero-order valence-corrected chi connectivity index (χ0v) is 13.5. The Hall–Kier alpha value is 0.104. The quantitative estimate of drug-likeness (QED) is 0.695. The predicted molar refractivity (Wildman–Crippen MR) is 66.4 cm³/mol. The topological polar surface area (TPSA) is 77.8 Å². The van der Waals surface area contributed by atoms with E-state index >= 15 is 0 Å². The van der Waals surface area contributed by atoms with Gasteiger partial charge in [0.05, 0.1) is 5.92 Å². The Morgan fingerprint density at radius 3 is 1.12 bits per heavy atom. The fourth-order valence-corrected chi connectivity index (χ4v) is 0.638. The molecule has 0 saturated heterocycles. The molecule has 0 amide bonds. The van der Waals surface area contributed by atoms with Gasteiger partial charge in [-0.05, 0) is 40.5 Å². The number of carboxylic acid groups (broad SMARTS) is 1. The van der Waals surface area contributed by atoms with Crippen LogP contribution >= 0.6 is 0 Å².